The highest BCUT2D eigenvalue weighted by Crippen LogP contribution is 2.37. The molecule has 2 fully saturated rings. The highest BCUT2D eigenvalue weighted by atomic mass is 16.5. The van der Waals surface area contributed by atoms with Crippen LogP contribution in [0.15, 0.2) is 0 Å². The van der Waals surface area contributed by atoms with Crippen molar-refractivity contribution in [2.75, 3.05) is 40.8 Å². The van der Waals surface area contributed by atoms with E-state index in [1.807, 2.05) is 0 Å². The summed E-state index contributed by atoms with van der Waals surface area (Å²) < 4.78 is 4.92. The Kier molecular flexibility index (Phi) is 5.63. The molecule has 0 radical (unpaired) electrons. The molecule has 1 heterocycles. The Morgan fingerprint density at radius 3 is 2.81 bits per heavy atom. The van der Waals surface area contributed by atoms with E-state index in [1.165, 1.54) is 26.5 Å². The van der Waals surface area contributed by atoms with Crippen LogP contribution in [-0.2, 0) is 9.53 Å². The molecule has 0 aromatic carbocycles. The van der Waals surface area contributed by atoms with Crippen molar-refractivity contribution in [1.29, 1.82) is 0 Å². The number of esters is 1. The summed E-state index contributed by atoms with van der Waals surface area (Å²) in [5.74, 6) is 0.0412. The van der Waals surface area contributed by atoms with Gasteiger partial charge in [-0.15, -0.1) is 0 Å². The van der Waals surface area contributed by atoms with Crippen molar-refractivity contribution in [1.82, 2.24) is 9.80 Å². The molecule has 0 aromatic rings. The number of carbonyl (C=O) groups is 1. The van der Waals surface area contributed by atoms with Gasteiger partial charge in [0.15, 0.2) is 0 Å². The number of hydrogen-bond donors (Lipinski definition) is 1. The third-order valence-electron chi connectivity index (χ3n) is 5.44. The topological polar surface area (TPSA) is 58.8 Å². The SMILES string of the molecule is COC(=O)C1(N)CCCC1CCN1CCCC(N(C)C)C1. The maximum absolute atomic E-state index is 12.0. The molecule has 3 unspecified atom stereocenters. The van der Waals surface area contributed by atoms with E-state index in [1.54, 1.807) is 0 Å². The van der Waals surface area contributed by atoms with Crippen LogP contribution in [0.25, 0.3) is 0 Å². The summed E-state index contributed by atoms with van der Waals surface area (Å²) in [6.45, 7) is 3.35. The number of rotatable bonds is 5. The van der Waals surface area contributed by atoms with Crippen LogP contribution in [0, 0.1) is 5.92 Å². The highest BCUT2D eigenvalue weighted by molar-refractivity contribution is 5.81. The normalized spacial score (nSPS) is 34.3. The van der Waals surface area contributed by atoms with E-state index in [4.69, 9.17) is 10.5 Å². The van der Waals surface area contributed by atoms with Crippen LogP contribution in [-0.4, -0.2) is 68.2 Å². The summed E-state index contributed by atoms with van der Waals surface area (Å²) in [7, 11) is 5.76. The fourth-order valence-electron chi connectivity index (χ4n) is 3.96. The van der Waals surface area contributed by atoms with Gasteiger partial charge < -0.3 is 20.3 Å². The summed E-state index contributed by atoms with van der Waals surface area (Å²) in [5, 5.41) is 0. The van der Waals surface area contributed by atoms with Crippen LogP contribution in [0.1, 0.15) is 38.5 Å². The molecule has 21 heavy (non-hydrogen) atoms. The van der Waals surface area contributed by atoms with Crippen molar-refractivity contribution in [3.05, 3.63) is 0 Å². The molecule has 0 aromatic heterocycles. The van der Waals surface area contributed by atoms with Crippen molar-refractivity contribution in [2.45, 2.75) is 50.1 Å². The van der Waals surface area contributed by atoms with Gasteiger partial charge in [-0.1, -0.05) is 6.42 Å². The Balaban J connectivity index is 1.86. The predicted octanol–water partition coefficient (Wildman–Crippen LogP) is 1.07. The number of carbonyl (C=O) groups excluding carboxylic acids is 1. The molecule has 2 rings (SSSR count). The van der Waals surface area contributed by atoms with Gasteiger partial charge in [0.05, 0.1) is 7.11 Å². The zero-order chi connectivity index (χ0) is 15.5. The van der Waals surface area contributed by atoms with Crippen LogP contribution >= 0.6 is 0 Å². The molecule has 0 spiro atoms. The number of nitrogens with zero attached hydrogens (tertiary/aromatic N) is 2. The van der Waals surface area contributed by atoms with Crippen LogP contribution in [0.4, 0.5) is 0 Å². The average Bonchev–Trinajstić information content (AvgIpc) is 2.87. The third-order valence-corrected chi connectivity index (χ3v) is 5.44. The standard InChI is InChI=1S/C16H31N3O2/c1-18(2)14-7-5-10-19(12-14)11-8-13-6-4-9-16(13,17)15(20)21-3/h13-14H,4-12,17H2,1-3H3. The molecular weight excluding hydrogens is 266 g/mol. The molecule has 3 atom stereocenters. The van der Waals surface area contributed by atoms with E-state index in [-0.39, 0.29) is 11.9 Å². The van der Waals surface area contributed by atoms with E-state index < -0.39 is 5.54 Å². The van der Waals surface area contributed by atoms with Crippen molar-refractivity contribution < 1.29 is 9.53 Å². The number of nitrogens with two attached hydrogens (primary N) is 1. The summed E-state index contributed by atoms with van der Waals surface area (Å²) in [6.07, 6.45) is 6.41. The van der Waals surface area contributed by atoms with E-state index >= 15 is 0 Å². The first-order chi connectivity index (χ1) is 9.97. The number of piperidine rings is 1. The number of hydrogen-bond acceptors (Lipinski definition) is 5. The maximum atomic E-state index is 12.0. The smallest absolute Gasteiger partial charge is 0.326 e. The number of likely N-dealkylation sites (N-methyl/N-ethyl adjacent to an activating group) is 1. The van der Waals surface area contributed by atoms with Gasteiger partial charge >= 0.3 is 5.97 Å². The minimum atomic E-state index is -0.745. The fraction of sp³-hybridized carbons (Fsp3) is 0.938. The van der Waals surface area contributed by atoms with Gasteiger partial charge in [0, 0.05) is 12.6 Å². The average molecular weight is 297 g/mol. The Morgan fingerprint density at radius 2 is 2.14 bits per heavy atom. The molecule has 0 amide bonds. The Hall–Kier alpha value is -0.650. The maximum Gasteiger partial charge on any atom is 0.326 e. The Labute approximate surface area is 128 Å². The summed E-state index contributed by atoms with van der Waals surface area (Å²) in [5.41, 5.74) is 5.60. The highest BCUT2D eigenvalue weighted by Gasteiger charge is 2.46. The molecule has 0 bridgehead atoms. The predicted molar refractivity (Wildman–Crippen MR) is 84.0 cm³/mol. The number of ether oxygens (including phenoxy) is 1. The van der Waals surface area contributed by atoms with Crippen molar-refractivity contribution in [3.63, 3.8) is 0 Å². The molecular formula is C16H31N3O2. The van der Waals surface area contributed by atoms with Crippen LogP contribution < -0.4 is 5.73 Å². The lowest BCUT2D eigenvalue weighted by molar-refractivity contribution is -0.148. The second-order valence-corrected chi connectivity index (χ2v) is 6.97. The second-order valence-electron chi connectivity index (χ2n) is 6.97. The molecule has 5 heteroatoms. The van der Waals surface area contributed by atoms with E-state index in [9.17, 15) is 4.79 Å². The van der Waals surface area contributed by atoms with E-state index in [0.29, 0.717) is 6.04 Å². The summed E-state index contributed by atoms with van der Waals surface area (Å²) in [6, 6.07) is 0.658. The zero-order valence-corrected chi connectivity index (χ0v) is 13.8. The van der Waals surface area contributed by atoms with E-state index in [0.717, 1.165) is 38.8 Å². The second kappa shape index (κ2) is 7.07. The number of methoxy groups -OCH3 is 1. The molecule has 2 aliphatic rings. The molecule has 5 nitrogen and oxygen atoms in total. The molecule has 1 aliphatic carbocycles. The number of likely N-dealkylation sites (tertiary alicyclic amines) is 1. The first-order valence-corrected chi connectivity index (χ1v) is 8.23. The Bertz CT molecular complexity index is 361. The summed E-state index contributed by atoms with van der Waals surface area (Å²) >= 11 is 0. The molecule has 2 N–H and O–H groups in total. The van der Waals surface area contributed by atoms with Crippen molar-refractivity contribution in [2.24, 2.45) is 11.7 Å². The quantitative estimate of drug-likeness (QED) is 0.769. The van der Waals surface area contributed by atoms with Crippen LogP contribution in [0.2, 0.25) is 0 Å². The van der Waals surface area contributed by atoms with Gasteiger partial charge in [-0.2, -0.15) is 0 Å². The van der Waals surface area contributed by atoms with Gasteiger partial charge in [0.1, 0.15) is 5.54 Å². The van der Waals surface area contributed by atoms with Gasteiger partial charge in [-0.3, -0.25) is 4.79 Å². The van der Waals surface area contributed by atoms with Gasteiger partial charge in [0.2, 0.25) is 0 Å². The molecule has 122 valence electrons. The Morgan fingerprint density at radius 1 is 1.38 bits per heavy atom. The van der Waals surface area contributed by atoms with Gasteiger partial charge in [-0.05, 0) is 65.2 Å². The minimum Gasteiger partial charge on any atom is -0.468 e. The molecule has 1 saturated carbocycles. The lowest BCUT2D eigenvalue weighted by atomic mass is 9.85. The van der Waals surface area contributed by atoms with Gasteiger partial charge in [0.25, 0.3) is 0 Å². The largest absolute Gasteiger partial charge is 0.468 e. The fourth-order valence-corrected chi connectivity index (χ4v) is 3.96. The lowest BCUT2D eigenvalue weighted by Crippen LogP contribution is -2.52. The van der Waals surface area contributed by atoms with Crippen molar-refractivity contribution >= 4 is 5.97 Å². The minimum absolute atomic E-state index is 0.227. The van der Waals surface area contributed by atoms with E-state index in [2.05, 4.69) is 23.9 Å². The van der Waals surface area contributed by atoms with Crippen LogP contribution in [0.3, 0.4) is 0 Å². The molecule has 1 aliphatic heterocycles. The zero-order valence-electron chi connectivity index (χ0n) is 13.8. The van der Waals surface area contributed by atoms with Gasteiger partial charge in [-0.25, -0.2) is 0 Å². The first-order valence-electron chi connectivity index (χ1n) is 8.23. The molecule has 1 saturated heterocycles. The monoisotopic (exact) mass is 297 g/mol. The van der Waals surface area contributed by atoms with Crippen LogP contribution in [0.5, 0.6) is 0 Å². The first kappa shape index (κ1) is 16.7. The summed E-state index contributed by atoms with van der Waals surface area (Å²) in [4.78, 5) is 16.8. The van der Waals surface area contributed by atoms with Crippen molar-refractivity contribution in [3.8, 4) is 0 Å². The third kappa shape index (κ3) is 3.76. The lowest BCUT2D eigenvalue weighted by Gasteiger charge is -2.37.